The molecule has 7 aromatic carbocycles. The first kappa shape index (κ1) is 26.0. The molecule has 208 valence electrons. The monoisotopic (exact) mass is 564 g/mol. The van der Waals surface area contributed by atoms with E-state index in [9.17, 15) is 9.59 Å². The molecule has 0 spiro atoms. The van der Waals surface area contributed by atoms with Gasteiger partial charge in [0.2, 0.25) is 0 Å². The second-order valence-corrected chi connectivity index (χ2v) is 10.1. The second-order valence-electron chi connectivity index (χ2n) is 10.1. The Balaban J connectivity index is 1.27. The third-order valence-corrected chi connectivity index (χ3v) is 7.34. The Bertz CT molecular complexity index is 2190. The highest BCUT2D eigenvalue weighted by atomic mass is 16.7. The van der Waals surface area contributed by atoms with Gasteiger partial charge in [-0.05, 0) is 35.9 Å². The standard InChI is InChI=1S/C37H24O6/c1-23-20-21-30-31(22-23)35(43-37(39)41-33-19-9-13-25-11-3-5-15-27(25)33)29-17-7-6-16-28(29)34(30)42-36(38)40-32-18-8-12-24-10-2-4-14-26(24)32/h2-22H,1H3. The largest absolute Gasteiger partial charge is 0.519 e. The van der Waals surface area contributed by atoms with E-state index in [1.54, 1.807) is 24.3 Å². The van der Waals surface area contributed by atoms with Crippen molar-refractivity contribution in [3.8, 4) is 23.0 Å². The molecule has 0 unspecified atom stereocenters. The summed E-state index contributed by atoms with van der Waals surface area (Å²) in [6.07, 6.45) is -1.76. The maximum absolute atomic E-state index is 13.2. The van der Waals surface area contributed by atoms with Crippen LogP contribution in [-0.2, 0) is 0 Å². The summed E-state index contributed by atoms with van der Waals surface area (Å²) in [4.78, 5) is 26.4. The number of carbonyl (C=O) groups is 2. The van der Waals surface area contributed by atoms with Crippen LogP contribution in [0.25, 0.3) is 43.1 Å². The van der Waals surface area contributed by atoms with Gasteiger partial charge in [0.25, 0.3) is 0 Å². The molecule has 0 amide bonds. The molecule has 6 heteroatoms. The average Bonchev–Trinajstić information content (AvgIpc) is 3.03. The van der Waals surface area contributed by atoms with Crippen molar-refractivity contribution in [3.05, 3.63) is 133 Å². The van der Waals surface area contributed by atoms with Crippen LogP contribution >= 0.6 is 0 Å². The van der Waals surface area contributed by atoms with Crippen molar-refractivity contribution in [1.29, 1.82) is 0 Å². The molecule has 0 radical (unpaired) electrons. The zero-order valence-electron chi connectivity index (χ0n) is 23.1. The summed E-state index contributed by atoms with van der Waals surface area (Å²) in [6, 6.07) is 39.1. The summed E-state index contributed by atoms with van der Waals surface area (Å²) >= 11 is 0. The molecule has 0 aromatic heterocycles. The lowest BCUT2D eigenvalue weighted by Gasteiger charge is -2.17. The molecule has 0 aliphatic heterocycles. The van der Waals surface area contributed by atoms with E-state index in [2.05, 4.69) is 0 Å². The van der Waals surface area contributed by atoms with E-state index in [0.29, 0.717) is 44.5 Å². The lowest BCUT2D eigenvalue weighted by molar-refractivity contribution is 0.151. The third-order valence-electron chi connectivity index (χ3n) is 7.34. The van der Waals surface area contributed by atoms with Gasteiger partial charge in [0.15, 0.2) is 0 Å². The molecule has 0 bridgehead atoms. The summed E-state index contributed by atoms with van der Waals surface area (Å²) in [6.45, 7) is 1.93. The molecule has 7 rings (SSSR count). The minimum absolute atomic E-state index is 0.297. The Morgan fingerprint density at radius 1 is 0.419 bits per heavy atom. The SMILES string of the molecule is Cc1ccc2c(OC(=O)Oc3cccc4ccccc34)c3ccccc3c(OC(=O)Oc3cccc4ccccc34)c2c1. The first-order chi connectivity index (χ1) is 21.0. The van der Waals surface area contributed by atoms with Crippen LogP contribution in [0.3, 0.4) is 0 Å². The number of fused-ring (bicyclic) bond motifs is 4. The van der Waals surface area contributed by atoms with Gasteiger partial charge >= 0.3 is 12.3 Å². The first-order valence-electron chi connectivity index (χ1n) is 13.7. The number of carbonyl (C=O) groups excluding carboxylic acids is 2. The topological polar surface area (TPSA) is 71.1 Å². The van der Waals surface area contributed by atoms with E-state index in [-0.39, 0.29) is 0 Å². The number of hydrogen-bond acceptors (Lipinski definition) is 6. The number of benzene rings is 7. The Morgan fingerprint density at radius 2 is 0.837 bits per heavy atom. The highest BCUT2D eigenvalue weighted by Gasteiger charge is 2.22. The Hall–Kier alpha value is -5.88. The molecule has 0 aliphatic rings. The van der Waals surface area contributed by atoms with Crippen LogP contribution in [0.15, 0.2) is 127 Å². The number of hydrogen-bond donors (Lipinski definition) is 0. The van der Waals surface area contributed by atoms with Crippen LogP contribution in [-0.4, -0.2) is 12.3 Å². The van der Waals surface area contributed by atoms with Crippen LogP contribution in [0.2, 0.25) is 0 Å². The van der Waals surface area contributed by atoms with Gasteiger partial charge in [-0.25, -0.2) is 9.59 Å². The van der Waals surface area contributed by atoms with Crippen LogP contribution in [0.1, 0.15) is 5.56 Å². The van der Waals surface area contributed by atoms with Crippen molar-refractivity contribution >= 4 is 55.4 Å². The number of rotatable bonds is 4. The fourth-order valence-corrected chi connectivity index (χ4v) is 5.39. The highest BCUT2D eigenvalue weighted by molar-refractivity contribution is 6.12. The van der Waals surface area contributed by atoms with E-state index >= 15 is 0 Å². The average molecular weight is 565 g/mol. The lowest BCUT2D eigenvalue weighted by atomic mass is 9.99. The van der Waals surface area contributed by atoms with Gasteiger partial charge in [0, 0.05) is 32.3 Å². The molecular weight excluding hydrogens is 540 g/mol. The smallest absolute Gasteiger partial charge is 0.394 e. The summed E-state index contributed by atoms with van der Waals surface area (Å²) in [5.41, 5.74) is 0.930. The zero-order valence-corrected chi connectivity index (χ0v) is 23.1. The van der Waals surface area contributed by atoms with E-state index < -0.39 is 12.3 Å². The quantitative estimate of drug-likeness (QED) is 0.120. The predicted octanol–water partition coefficient (Wildman–Crippen LogP) is 9.76. The van der Waals surface area contributed by atoms with Crippen molar-refractivity contribution < 1.29 is 28.5 Å². The van der Waals surface area contributed by atoms with Gasteiger partial charge in [-0.1, -0.05) is 115 Å². The van der Waals surface area contributed by atoms with E-state index in [1.165, 1.54) is 0 Å². The number of ether oxygens (including phenoxy) is 4. The van der Waals surface area contributed by atoms with Crippen molar-refractivity contribution in [2.75, 3.05) is 0 Å². The van der Waals surface area contributed by atoms with Crippen molar-refractivity contribution in [1.82, 2.24) is 0 Å². The molecule has 0 fully saturated rings. The summed E-state index contributed by atoms with van der Waals surface area (Å²) in [5, 5.41) is 5.77. The van der Waals surface area contributed by atoms with Gasteiger partial charge in [0.05, 0.1) is 0 Å². The summed E-state index contributed by atoms with van der Waals surface area (Å²) in [7, 11) is 0. The normalized spacial score (nSPS) is 11.1. The van der Waals surface area contributed by atoms with Gasteiger partial charge in [-0.3, -0.25) is 0 Å². The van der Waals surface area contributed by atoms with E-state index in [1.807, 2.05) is 110 Å². The molecule has 43 heavy (non-hydrogen) atoms. The molecule has 0 N–H and O–H groups in total. The van der Waals surface area contributed by atoms with E-state index in [0.717, 1.165) is 27.1 Å². The molecule has 7 aromatic rings. The molecule has 0 aliphatic carbocycles. The Kier molecular flexibility index (Phi) is 6.56. The van der Waals surface area contributed by atoms with Crippen molar-refractivity contribution in [2.45, 2.75) is 6.92 Å². The fourth-order valence-electron chi connectivity index (χ4n) is 5.39. The van der Waals surface area contributed by atoms with Gasteiger partial charge in [-0.2, -0.15) is 0 Å². The molecular formula is C37H24O6. The minimum atomic E-state index is -0.882. The Morgan fingerprint density at radius 3 is 1.37 bits per heavy atom. The molecule has 0 saturated carbocycles. The van der Waals surface area contributed by atoms with Crippen LogP contribution in [0.5, 0.6) is 23.0 Å². The van der Waals surface area contributed by atoms with Crippen molar-refractivity contribution in [3.63, 3.8) is 0 Å². The van der Waals surface area contributed by atoms with Gasteiger partial charge in [0.1, 0.15) is 23.0 Å². The zero-order chi connectivity index (χ0) is 29.3. The summed E-state index contributed by atoms with van der Waals surface area (Å²) < 4.78 is 23.2. The molecule has 0 heterocycles. The predicted molar refractivity (Wildman–Crippen MR) is 167 cm³/mol. The lowest BCUT2D eigenvalue weighted by Crippen LogP contribution is -2.16. The maximum atomic E-state index is 13.2. The van der Waals surface area contributed by atoms with Crippen LogP contribution in [0, 0.1) is 6.92 Å². The van der Waals surface area contributed by atoms with Crippen molar-refractivity contribution in [2.24, 2.45) is 0 Å². The minimum Gasteiger partial charge on any atom is -0.394 e. The molecule has 6 nitrogen and oxygen atoms in total. The highest BCUT2D eigenvalue weighted by Crippen LogP contribution is 2.43. The second kappa shape index (κ2) is 10.8. The van der Waals surface area contributed by atoms with E-state index in [4.69, 9.17) is 18.9 Å². The maximum Gasteiger partial charge on any atom is 0.519 e. The Labute approximate surface area is 246 Å². The van der Waals surface area contributed by atoms with Crippen LogP contribution in [0.4, 0.5) is 9.59 Å². The van der Waals surface area contributed by atoms with Crippen LogP contribution < -0.4 is 18.9 Å². The molecule has 0 atom stereocenters. The number of aryl methyl sites for hydroxylation is 1. The fraction of sp³-hybridized carbons (Fsp3) is 0.0270. The first-order valence-corrected chi connectivity index (χ1v) is 13.7. The molecule has 0 saturated heterocycles. The van der Waals surface area contributed by atoms with Gasteiger partial charge in [-0.15, -0.1) is 0 Å². The third kappa shape index (κ3) is 4.96. The van der Waals surface area contributed by atoms with Gasteiger partial charge < -0.3 is 18.9 Å². The summed E-state index contributed by atoms with van der Waals surface area (Å²) in [5.74, 6) is 1.38.